The largest absolute Gasteiger partial charge is 0.386 e. The van der Waals surface area contributed by atoms with Crippen LogP contribution in [0.2, 0.25) is 20.1 Å². The van der Waals surface area contributed by atoms with Gasteiger partial charge < -0.3 is 30.6 Å². The smallest absolute Gasteiger partial charge is 0.317 e. The molecular formula is C30H36Cl4N6O4. The summed E-state index contributed by atoms with van der Waals surface area (Å²) >= 11 is 24.9. The number of hydrogen-bond donors (Lipinski definition) is 2. The van der Waals surface area contributed by atoms with Crippen LogP contribution in [0.5, 0.6) is 0 Å². The molecule has 0 aromatic heterocycles. The number of rotatable bonds is 12. The summed E-state index contributed by atoms with van der Waals surface area (Å²) in [7, 11) is 1.63. The van der Waals surface area contributed by atoms with Gasteiger partial charge in [-0.25, -0.2) is 4.79 Å². The molecule has 0 bridgehead atoms. The number of carbonyl (C=O) groups is 3. The number of likely N-dealkylation sites (tertiary alicyclic amines) is 1. The molecule has 0 spiro atoms. The maximum absolute atomic E-state index is 13.4. The van der Waals surface area contributed by atoms with E-state index in [1.807, 2.05) is 11.0 Å². The van der Waals surface area contributed by atoms with Crippen molar-refractivity contribution in [3.05, 3.63) is 67.6 Å². The molecule has 2 saturated heterocycles. The minimum absolute atomic E-state index is 0.0184. The van der Waals surface area contributed by atoms with Crippen molar-refractivity contribution >= 4 is 70.0 Å². The number of amides is 4. The zero-order chi connectivity index (χ0) is 31.8. The lowest BCUT2D eigenvalue weighted by Gasteiger charge is -2.40. The average Bonchev–Trinajstić information content (AvgIpc) is 2.98. The first-order valence-electron chi connectivity index (χ1n) is 14.4. The lowest BCUT2D eigenvalue weighted by molar-refractivity contribution is -0.122. The van der Waals surface area contributed by atoms with E-state index in [2.05, 4.69) is 15.4 Å². The van der Waals surface area contributed by atoms with E-state index >= 15 is 0 Å². The Hall–Kier alpha value is -2.76. The van der Waals surface area contributed by atoms with E-state index in [-0.39, 0.29) is 30.4 Å². The zero-order valence-electron chi connectivity index (χ0n) is 24.4. The molecule has 44 heavy (non-hydrogen) atoms. The van der Waals surface area contributed by atoms with Gasteiger partial charge in [0.15, 0.2) is 6.61 Å². The summed E-state index contributed by atoms with van der Waals surface area (Å²) in [5, 5.41) is 8.72. The van der Waals surface area contributed by atoms with Crippen molar-refractivity contribution in [2.45, 2.75) is 37.6 Å². The summed E-state index contributed by atoms with van der Waals surface area (Å²) in [4.78, 5) is 48.3. The molecule has 2 fully saturated rings. The molecule has 4 rings (SSSR count). The van der Waals surface area contributed by atoms with Crippen LogP contribution < -0.4 is 11.1 Å². The minimum atomic E-state index is -0.678. The molecule has 2 aliphatic heterocycles. The molecular weight excluding hydrogens is 650 g/mol. The second-order valence-electron chi connectivity index (χ2n) is 11.0. The molecule has 2 aliphatic rings. The van der Waals surface area contributed by atoms with E-state index in [0.29, 0.717) is 44.3 Å². The number of piperidine rings is 1. The predicted molar refractivity (Wildman–Crippen MR) is 174 cm³/mol. The number of primary amides is 1. The molecule has 2 aromatic carbocycles. The Morgan fingerprint density at radius 2 is 1.77 bits per heavy atom. The second kappa shape index (κ2) is 16.0. The van der Waals surface area contributed by atoms with E-state index < -0.39 is 12.5 Å². The van der Waals surface area contributed by atoms with Crippen molar-refractivity contribution in [3.63, 3.8) is 0 Å². The molecule has 2 aromatic rings. The summed E-state index contributed by atoms with van der Waals surface area (Å²) < 4.78 is 0. The highest BCUT2D eigenvalue weighted by Gasteiger charge is 2.30. The highest BCUT2D eigenvalue weighted by molar-refractivity contribution is 6.42. The Morgan fingerprint density at radius 1 is 1.07 bits per heavy atom. The normalized spacial score (nSPS) is 17.2. The second-order valence-corrected chi connectivity index (χ2v) is 12.7. The summed E-state index contributed by atoms with van der Waals surface area (Å²) in [6.07, 6.45) is 3.33. The topological polar surface area (TPSA) is 121 Å². The number of carbonyl (C=O) groups excluding carboxylic acids is 3. The van der Waals surface area contributed by atoms with Gasteiger partial charge in [0.1, 0.15) is 0 Å². The van der Waals surface area contributed by atoms with E-state index in [1.54, 1.807) is 37.4 Å². The van der Waals surface area contributed by atoms with Gasteiger partial charge in [-0.05, 0) is 68.1 Å². The molecule has 0 radical (unpaired) electrons. The Kier molecular flexibility index (Phi) is 12.4. The molecule has 0 saturated carbocycles. The minimum Gasteiger partial charge on any atom is -0.386 e. The number of nitrogens with zero attached hydrogens (tertiary/aromatic N) is 4. The molecule has 1 unspecified atom stereocenters. The van der Waals surface area contributed by atoms with Crippen LogP contribution in [0.3, 0.4) is 0 Å². The van der Waals surface area contributed by atoms with Gasteiger partial charge in [-0.15, -0.1) is 0 Å². The van der Waals surface area contributed by atoms with Crippen LogP contribution in [0.15, 0.2) is 41.6 Å². The predicted octanol–water partition coefficient (Wildman–Crippen LogP) is 5.28. The third-order valence-corrected chi connectivity index (χ3v) is 9.01. The molecule has 238 valence electrons. The number of urea groups is 1. The van der Waals surface area contributed by atoms with Crippen LogP contribution in [-0.4, -0.2) is 97.2 Å². The maximum Gasteiger partial charge on any atom is 0.317 e. The Bertz CT molecular complexity index is 1370. The molecule has 4 amide bonds. The fourth-order valence-corrected chi connectivity index (χ4v) is 6.44. The van der Waals surface area contributed by atoms with Gasteiger partial charge in [0.25, 0.3) is 11.8 Å². The maximum atomic E-state index is 13.4. The van der Waals surface area contributed by atoms with Crippen molar-refractivity contribution in [2.75, 3.05) is 52.9 Å². The fourth-order valence-electron chi connectivity index (χ4n) is 5.61. The van der Waals surface area contributed by atoms with E-state index in [0.717, 1.165) is 51.0 Å². The van der Waals surface area contributed by atoms with Crippen LogP contribution in [0.4, 0.5) is 4.79 Å². The molecule has 14 heteroatoms. The molecule has 3 N–H and O–H groups in total. The van der Waals surface area contributed by atoms with Crippen molar-refractivity contribution in [2.24, 2.45) is 10.9 Å². The third kappa shape index (κ3) is 9.37. The Balaban J connectivity index is 1.54. The average molecular weight is 686 g/mol. The van der Waals surface area contributed by atoms with Gasteiger partial charge in [-0.1, -0.05) is 57.6 Å². The van der Waals surface area contributed by atoms with Gasteiger partial charge in [0.2, 0.25) is 0 Å². The third-order valence-electron chi connectivity index (χ3n) is 7.84. The van der Waals surface area contributed by atoms with Gasteiger partial charge >= 0.3 is 6.03 Å². The molecule has 1 atom stereocenters. The number of halogens is 4. The number of nitrogens with one attached hydrogen (secondary N) is 1. The number of benzene rings is 2. The summed E-state index contributed by atoms with van der Waals surface area (Å²) in [6.45, 7) is 3.54. The number of oxime groups is 1. The summed E-state index contributed by atoms with van der Waals surface area (Å²) in [5.74, 6) is -1.35. The Labute approximate surface area is 277 Å². The van der Waals surface area contributed by atoms with Crippen LogP contribution in [0, 0.1) is 0 Å². The van der Waals surface area contributed by atoms with Crippen molar-refractivity contribution in [1.82, 2.24) is 20.0 Å². The Morgan fingerprint density at radius 3 is 2.41 bits per heavy atom. The summed E-state index contributed by atoms with van der Waals surface area (Å²) in [5.41, 5.74) is 6.93. The fraction of sp³-hybridized carbons (Fsp3) is 0.467. The molecule has 2 heterocycles. The highest BCUT2D eigenvalue weighted by atomic mass is 35.5. The standard InChI is InChI=1S/C30H36Cl4N6O4/c1-38(29(42)20-13-21(31)16-22(32)14-20)17-27(37-44-18-28(35)41)24(19-3-4-25(33)26(34)15-19)7-12-39-10-5-23(6-11-39)40-9-2-8-36-30(40)43/h3-4,13-16,23-24H,2,5-12,17-18H2,1H3,(H2,35,41)(H,36,43)/b37-27+. The van der Waals surface area contributed by atoms with E-state index in [1.165, 1.54) is 4.90 Å². The first-order valence-corrected chi connectivity index (χ1v) is 15.9. The van der Waals surface area contributed by atoms with Gasteiger partial charge in [-0.2, -0.15) is 0 Å². The molecule has 10 nitrogen and oxygen atoms in total. The van der Waals surface area contributed by atoms with Gasteiger partial charge in [0.05, 0.1) is 22.3 Å². The van der Waals surface area contributed by atoms with Gasteiger partial charge in [-0.3, -0.25) is 9.59 Å². The van der Waals surface area contributed by atoms with E-state index in [4.69, 9.17) is 57.0 Å². The number of hydrogen-bond acceptors (Lipinski definition) is 6. The van der Waals surface area contributed by atoms with E-state index in [9.17, 15) is 14.4 Å². The van der Waals surface area contributed by atoms with Crippen molar-refractivity contribution in [3.8, 4) is 0 Å². The van der Waals surface area contributed by atoms with Crippen LogP contribution >= 0.6 is 46.4 Å². The van der Waals surface area contributed by atoms with Gasteiger partial charge in [0, 0.05) is 60.8 Å². The highest BCUT2D eigenvalue weighted by Crippen LogP contribution is 2.31. The quantitative estimate of drug-likeness (QED) is 0.233. The zero-order valence-corrected chi connectivity index (χ0v) is 27.4. The molecule has 0 aliphatic carbocycles. The van der Waals surface area contributed by atoms with Crippen LogP contribution in [0.25, 0.3) is 0 Å². The SMILES string of the molecule is CN(C/C(=N\OCC(N)=O)C(CCN1CCC(N2CCCNC2=O)CC1)c1ccc(Cl)c(Cl)c1)C(=O)c1cc(Cl)cc(Cl)c1. The monoisotopic (exact) mass is 684 g/mol. The van der Waals surface area contributed by atoms with Crippen LogP contribution in [0.1, 0.15) is 47.5 Å². The lowest BCUT2D eigenvalue weighted by Crippen LogP contribution is -2.54. The first kappa shape index (κ1) is 34.1. The first-order chi connectivity index (χ1) is 21.0. The lowest BCUT2D eigenvalue weighted by atomic mass is 9.89. The summed E-state index contributed by atoms with van der Waals surface area (Å²) in [6, 6.07) is 10.2. The van der Waals surface area contributed by atoms with Crippen LogP contribution in [-0.2, 0) is 9.63 Å². The van der Waals surface area contributed by atoms with Crippen molar-refractivity contribution in [1.29, 1.82) is 0 Å². The number of nitrogens with two attached hydrogens (primary N) is 1. The van der Waals surface area contributed by atoms with Crippen molar-refractivity contribution < 1.29 is 19.2 Å².